The van der Waals surface area contributed by atoms with Crippen LogP contribution in [0.5, 0.6) is 5.75 Å². The van der Waals surface area contributed by atoms with Gasteiger partial charge in [0, 0.05) is 42.4 Å². The van der Waals surface area contributed by atoms with E-state index in [0.717, 1.165) is 4.90 Å². The summed E-state index contributed by atoms with van der Waals surface area (Å²) in [7, 11) is -0.481. The van der Waals surface area contributed by atoms with Crippen LogP contribution in [-0.2, 0) is 70.0 Å². The molecule has 0 saturated carbocycles. The molecule has 2 saturated heterocycles. The summed E-state index contributed by atoms with van der Waals surface area (Å²) >= 11 is 0. The van der Waals surface area contributed by atoms with Crippen LogP contribution in [0.15, 0.2) is 24.3 Å². The zero-order valence-electron chi connectivity index (χ0n) is 40.3. The van der Waals surface area contributed by atoms with Crippen molar-refractivity contribution in [2.45, 2.75) is 134 Å². The lowest BCUT2D eigenvalue weighted by Gasteiger charge is -2.31. The maximum absolute atomic E-state index is 14.5. The Balaban J connectivity index is 2.06. The minimum absolute atomic E-state index is 0.00950. The molecule has 0 radical (unpaired) electrons. The minimum atomic E-state index is -1.96. The van der Waals surface area contributed by atoms with Gasteiger partial charge in [-0.15, -0.1) is 0 Å². The minimum Gasteiger partial charge on any atom is -0.497 e. The third-order valence-electron chi connectivity index (χ3n) is 11.8. The van der Waals surface area contributed by atoms with Crippen molar-refractivity contribution >= 4 is 75.8 Å². The van der Waals surface area contributed by atoms with Gasteiger partial charge in [-0.2, -0.15) is 0 Å². The van der Waals surface area contributed by atoms with Gasteiger partial charge in [0.2, 0.25) is 65.0 Å². The molecule has 24 nitrogen and oxygen atoms in total. The molecular weight excluding hydrogens is 935 g/mol. The number of likely N-dealkylation sites (tertiary alicyclic amines) is 1. The third-order valence-corrected chi connectivity index (χ3v) is 13.2. The molecule has 1 aromatic carbocycles. The number of carbonyl (C=O) groups is 11. The molecule has 3 rings (SSSR count). The molecule has 25 heteroatoms. The zero-order chi connectivity index (χ0) is 52.2. The van der Waals surface area contributed by atoms with Crippen LogP contribution in [0.2, 0.25) is 0 Å². The Hall–Kier alpha value is -6.66. The average molecular weight is 1000 g/mol. The molecule has 388 valence electrons. The maximum atomic E-state index is 14.5. The topological polar surface area (TPSA) is 380 Å². The fraction of sp³-hybridized carbons (Fsp3) is 0.622. The van der Waals surface area contributed by atoms with E-state index >= 15 is 0 Å². The predicted molar refractivity (Wildman–Crippen MR) is 253 cm³/mol. The summed E-state index contributed by atoms with van der Waals surface area (Å²) in [4.78, 5) is 148. The lowest BCUT2D eigenvalue weighted by molar-refractivity contribution is -0.142. The summed E-state index contributed by atoms with van der Waals surface area (Å²) in [6.07, 6.45) is -1.05. The van der Waals surface area contributed by atoms with Gasteiger partial charge >= 0.3 is 0 Å². The van der Waals surface area contributed by atoms with Crippen LogP contribution in [-0.4, -0.2) is 148 Å². The molecule has 2 heterocycles. The Bertz CT molecular complexity index is 2110. The Morgan fingerprint density at radius 3 is 2.06 bits per heavy atom. The molecule has 2 fully saturated rings. The van der Waals surface area contributed by atoms with E-state index in [1.54, 1.807) is 52.0 Å². The molecule has 0 bridgehead atoms. The fourth-order valence-electron chi connectivity index (χ4n) is 7.81. The highest BCUT2D eigenvalue weighted by atomic mass is 32.2. The summed E-state index contributed by atoms with van der Waals surface area (Å²) in [5, 5.41) is 17.8. The molecule has 9 atom stereocenters. The molecule has 2 aliphatic rings. The molecule has 0 unspecified atom stereocenters. The molecular formula is C45H69N11O13S. The summed E-state index contributed by atoms with van der Waals surface area (Å²) in [6.45, 7) is 6.53. The van der Waals surface area contributed by atoms with Gasteiger partial charge < -0.3 is 64.1 Å². The highest BCUT2D eigenvalue weighted by Gasteiger charge is 2.41. The van der Waals surface area contributed by atoms with Gasteiger partial charge in [0.1, 0.15) is 48.0 Å². The van der Waals surface area contributed by atoms with Crippen LogP contribution in [0.3, 0.4) is 0 Å². The van der Waals surface area contributed by atoms with Gasteiger partial charge in [0.15, 0.2) is 0 Å². The van der Waals surface area contributed by atoms with Crippen molar-refractivity contribution in [2.75, 3.05) is 31.7 Å². The Labute approximate surface area is 409 Å². The monoisotopic (exact) mass is 1000 g/mol. The zero-order valence-corrected chi connectivity index (χ0v) is 41.1. The van der Waals surface area contributed by atoms with Crippen LogP contribution in [0, 0.1) is 11.8 Å². The van der Waals surface area contributed by atoms with Crippen molar-refractivity contribution in [1.29, 1.82) is 0 Å². The van der Waals surface area contributed by atoms with E-state index in [9.17, 15) is 56.9 Å². The van der Waals surface area contributed by atoms with Crippen LogP contribution >= 0.6 is 0 Å². The lowest BCUT2D eigenvalue weighted by Crippen LogP contribution is -2.61. The summed E-state index contributed by atoms with van der Waals surface area (Å²) in [5.74, 6) is -10.4. The average Bonchev–Trinajstić information content (AvgIpc) is 3.79. The number of benzene rings is 1. The summed E-state index contributed by atoms with van der Waals surface area (Å²) < 4.78 is 19.0. The third kappa shape index (κ3) is 18.7. The first-order valence-corrected chi connectivity index (χ1v) is 24.7. The van der Waals surface area contributed by atoms with Crippen molar-refractivity contribution in [3.05, 3.63) is 29.8 Å². The molecule has 70 heavy (non-hydrogen) atoms. The van der Waals surface area contributed by atoms with E-state index in [0.29, 0.717) is 24.2 Å². The molecule has 0 spiro atoms. The number of primary amides is 3. The van der Waals surface area contributed by atoms with Crippen LogP contribution in [0.1, 0.15) is 91.0 Å². The van der Waals surface area contributed by atoms with E-state index in [1.165, 1.54) is 7.11 Å². The number of nitrogens with one attached hydrogen (secondary N) is 7. The number of rotatable bonds is 18. The number of hydrogen-bond donors (Lipinski definition) is 10. The smallest absolute Gasteiger partial charge is 0.246 e. The van der Waals surface area contributed by atoms with Crippen molar-refractivity contribution in [3.63, 3.8) is 0 Å². The number of amides is 11. The summed E-state index contributed by atoms with van der Waals surface area (Å²) in [6, 6.07) is -3.23. The quantitative estimate of drug-likeness (QED) is 0.0684. The van der Waals surface area contributed by atoms with Gasteiger partial charge in [-0.3, -0.25) is 56.9 Å². The van der Waals surface area contributed by atoms with Crippen LogP contribution in [0.4, 0.5) is 0 Å². The number of carbonyl (C=O) groups excluding carboxylic acids is 11. The lowest BCUT2D eigenvalue weighted by atomic mass is 9.96. The number of hydrogen-bond acceptors (Lipinski definition) is 13. The molecule has 0 aromatic heterocycles. The molecule has 0 aliphatic carbocycles. The van der Waals surface area contributed by atoms with Gasteiger partial charge in [0.05, 0.1) is 25.8 Å². The summed E-state index contributed by atoms with van der Waals surface area (Å²) in [5.41, 5.74) is 16.7. The van der Waals surface area contributed by atoms with Crippen molar-refractivity contribution in [2.24, 2.45) is 29.0 Å². The first-order valence-electron chi connectivity index (χ1n) is 23.2. The highest BCUT2D eigenvalue weighted by Crippen LogP contribution is 2.21. The van der Waals surface area contributed by atoms with E-state index < -0.39 is 156 Å². The number of ether oxygens (including phenoxy) is 1. The predicted octanol–water partition coefficient (Wildman–Crippen LogP) is -3.49. The second-order valence-corrected chi connectivity index (χ2v) is 19.5. The second-order valence-electron chi connectivity index (χ2n) is 17.9. The van der Waals surface area contributed by atoms with E-state index in [4.69, 9.17) is 21.9 Å². The van der Waals surface area contributed by atoms with Crippen molar-refractivity contribution in [3.8, 4) is 5.75 Å². The van der Waals surface area contributed by atoms with Gasteiger partial charge in [0.25, 0.3) is 0 Å². The SMILES string of the molecule is CC[C@H](C)[C@@H]1NC(=O)[C@H](Cc2ccc(OC)cc2)NC(=O)CCC[S@@](=O)C[C@@H](C(=O)N2CCC[C@H]2C(=O)N[C@@H](CC(C)C)C(=O)NCC(N)=O)NC(=O)[C@H](CC(N)=O)NC(=O)[C@H](CCC(N)=O)NC1=O. The molecule has 13 N–H and O–H groups in total. The molecule has 2 aliphatic heterocycles. The largest absolute Gasteiger partial charge is 0.497 e. The van der Waals surface area contributed by atoms with E-state index in [2.05, 4.69) is 37.2 Å². The van der Waals surface area contributed by atoms with Gasteiger partial charge in [-0.25, -0.2) is 0 Å². The number of nitrogens with two attached hydrogens (primary N) is 3. The highest BCUT2D eigenvalue weighted by molar-refractivity contribution is 7.85. The van der Waals surface area contributed by atoms with Crippen LogP contribution in [0.25, 0.3) is 0 Å². The standard InChI is InChI=1S/C45H69N11O13S/c1-6-25(4)38-44(66)51-28(15-16-34(46)57)40(62)52-31(21-35(47)58)41(63)54-32(45(67)56-17-7-9-33(56)43(65)53-29(19-24(2)3)39(61)49-22-36(48)59)23-70(68)18-8-10-37(60)50-30(42(64)55-38)20-26-11-13-27(69-5)14-12-26/h11-14,24-25,28-33,38H,6-10,15-23H2,1-5H3,(H2,46,57)(H2,47,58)(H2,48,59)(H,49,61)(H,50,60)(H,51,66)(H,52,62)(H,53,65)(H,54,63)(H,55,64)/t25-,28-,29-,30-,31-,32-,33-,38-,70+/m0/s1. The molecule has 1 aromatic rings. The maximum Gasteiger partial charge on any atom is 0.246 e. The van der Waals surface area contributed by atoms with Gasteiger partial charge in [-0.05, 0) is 61.6 Å². The first-order chi connectivity index (χ1) is 33.0. The van der Waals surface area contributed by atoms with Gasteiger partial charge in [-0.1, -0.05) is 46.2 Å². The normalized spacial score (nSPS) is 24.1. The van der Waals surface area contributed by atoms with E-state index in [-0.39, 0.29) is 50.3 Å². The van der Waals surface area contributed by atoms with Crippen LogP contribution < -0.4 is 59.2 Å². The fourth-order valence-corrected chi connectivity index (χ4v) is 9.04. The Morgan fingerprint density at radius 1 is 0.814 bits per heavy atom. The van der Waals surface area contributed by atoms with Crippen molar-refractivity contribution < 1.29 is 61.7 Å². The number of methoxy groups -OCH3 is 1. The molecule has 11 amide bonds. The second kappa shape index (κ2) is 28.1. The first kappa shape index (κ1) is 57.7. The Morgan fingerprint density at radius 2 is 1.46 bits per heavy atom. The van der Waals surface area contributed by atoms with Crippen molar-refractivity contribution in [1.82, 2.24) is 42.1 Å². The number of nitrogens with zero attached hydrogens (tertiary/aromatic N) is 1. The van der Waals surface area contributed by atoms with E-state index in [1.807, 2.05) is 0 Å². The Kier molecular flexibility index (Phi) is 23.2.